The van der Waals surface area contributed by atoms with Gasteiger partial charge in [0.15, 0.2) is 0 Å². The van der Waals surface area contributed by atoms with Crippen molar-refractivity contribution in [1.82, 2.24) is 20.5 Å². The number of aromatic nitrogens is 1. The number of nitrogens with one attached hydrogen (secondary N) is 3. The molecule has 0 radical (unpaired) electrons. The number of hydrogen-bond donors (Lipinski definition) is 3. The van der Waals surface area contributed by atoms with Gasteiger partial charge < -0.3 is 20.7 Å². The highest BCUT2D eigenvalue weighted by Gasteiger charge is 2.23. The molecule has 1 aliphatic rings. The Morgan fingerprint density at radius 1 is 1.11 bits per heavy atom. The molecule has 4 rings (SSSR count). The van der Waals surface area contributed by atoms with Crippen molar-refractivity contribution in [3.63, 3.8) is 0 Å². The smallest absolute Gasteiger partial charge is 0.315 e. The summed E-state index contributed by atoms with van der Waals surface area (Å²) in [5.74, 6) is -0.531. The molecule has 1 saturated carbocycles. The van der Waals surface area contributed by atoms with Crippen LogP contribution in [-0.2, 0) is 13.2 Å². The van der Waals surface area contributed by atoms with Crippen LogP contribution in [0.25, 0.3) is 5.69 Å². The number of ether oxygens (including phenoxy) is 1. The van der Waals surface area contributed by atoms with Crippen LogP contribution in [0.15, 0.2) is 47.3 Å². The minimum absolute atomic E-state index is 0.00926. The number of amides is 3. The summed E-state index contributed by atoms with van der Waals surface area (Å²) in [6.07, 6.45) is 1.93. The highest BCUT2D eigenvalue weighted by atomic mass is 35.5. The van der Waals surface area contributed by atoms with E-state index in [0.29, 0.717) is 28.1 Å². The average Bonchev–Trinajstić information content (AvgIpc) is 3.69. The van der Waals surface area contributed by atoms with Crippen LogP contribution in [0.4, 0.5) is 9.18 Å². The molecule has 3 aromatic rings. The topological polar surface area (TPSA) is 101 Å². The summed E-state index contributed by atoms with van der Waals surface area (Å²) < 4.78 is 21.2. The Morgan fingerprint density at radius 3 is 2.57 bits per heavy atom. The number of carbonyl (C=O) groups excluding carboxylic acids is 2. The number of carbonyl (C=O) groups is 2. The molecule has 0 spiro atoms. The zero-order valence-corrected chi connectivity index (χ0v) is 21.5. The third kappa shape index (κ3) is 6.11. The number of urea groups is 1. The molecule has 0 bridgehead atoms. The molecule has 1 aliphatic carbocycles. The SMILES string of the molecule is CNC(=O)c1ccc(C)c(-n2c(C)cc(OCc3ccc(F)cc3CNC(=O)NC3CC3)c(Cl)c2=O)c1. The van der Waals surface area contributed by atoms with Gasteiger partial charge in [0.25, 0.3) is 11.5 Å². The molecule has 8 nitrogen and oxygen atoms in total. The van der Waals surface area contributed by atoms with Gasteiger partial charge >= 0.3 is 6.03 Å². The van der Waals surface area contributed by atoms with Gasteiger partial charge in [-0.15, -0.1) is 0 Å². The Morgan fingerprint density at radius 2 is 1.86 bits per heavy atom. The molecule has 1 heterocycles. The van der Waals surface area contributed by atoms with Gasteiger partial charge in [-0.2, -0.15) is 0 Å². The standard InChI is InChI=1S/C27H28ClFN4O4/c1-15-4-5-17(25(34)30-3)12-22(15)33-16(2)10-23(24(28)26(33)35)37-14-18-6-7-20(29)11-19(18)13-31-27(36)32-21-8-9-21/h4-7,10-12,21H,8-9,13-14H2,1-3H3,(H,30,34)(H2,31,32,36). The minimum atomic E-state index is -0.494. The van der Waals surface area contributed by atoms with Crippen molar-refractivity contribution in [3.8, 4) is 11.4 Å². The second-order valence-corrected chi connectivity index (χ2v) is 9.37. The molecule has 194 valence electrons. The van der Waals surface area contributed by atoms with Gasteiger partial charge in [0, 0.05) is 37.0 Å². The fourth-order valence-electron chi connectivity index (χ4n) is 3.92. The van der Waals surface area contributed by atoms with Gasteiger partial charge in [-0.05, 0) is 67.6 Å². The molecule has 0 saturated heterocycles. The Hall–Kier alpha value is -3.85. The molecule has 0 unspecified atom stereocenters. The summed E-state index contributed by atoms with van der Waals surface area (Å²) in [6.45, 7) is 3.70. The summed E-state index contributed by atoms with van der Waals surface area (Å²) in [7, 11) is 1.54. The molecule has 1 fully saturated rings. The van der Waals surface area contributed by atoms with Crippen LogP contribution in [0.2, 0.25) is 5.02 Å². The summed E-state index contributed by atoms with van der Waals surface area (Å²) >= 11 is 6.43. The van der Waals surface area contributed by atoms with Crippen LogP contribution in [0.3, 0.4) is 0 Å². The zero-order valence-electron chi connectivity index (χ0n) is 20.8. The fourth-order valence-corrected chi connectivity index (χ4v) is 4.11. The van der Waals surface area contributed by atoms with Crippen LogP contribution < -0.4 is 26.2 Å². The van der Waals surface area contributed by atoms with E-state index in [4.69, 9.17) is 16.3 Å². The first-order valence-electron chi connectivity index (χ1n) is 11.9. The maximum absolute atomic E-state index is 13.9. The third-order valence-corrected chi connectivity index (χ3v) is 6.49. The van der Waals surface area contributed by atoms with Crippen LogP contribution >= 0.6 is 11.6 Å². The Bertz CT molecular complexity index is 1420. The minimum Gasteiger partial charge on any atom is -0.487 e. The first-order valence-corrected chi connectivity index (χ1v) is 12.3. The lowest BCUT2D eigenvalue weighted by Gasteiger charge is -2.17. The van der Waals surface area contributed by atoms with E-state index in [9.17, 15) is 18.8 Å². The third-order valence-electron chi connectivity index (χ3n) is 6.14. The zero-order chi connectivity index (χ0) is 26.7. The molecule has 3 amide bonds. The van der Waals surface area contributed by atoms with Crippen LogP contribution in [0.5, 0.6) is 5.75 Å². The van der Waals surface area contributed by atoms with Crippen LogP contribution in [0.1, 0.15) is 45.6 Å². The van der Waals surface area contributed by atoms with E-state index >= 15 is 0 Å². The first kappa shape index (κ1) is 26.2. The highest BCUT2D eigenvalue weighted by Crippen LogP contribution is 2.26. The van der Waals surface area contributed by atoms with Gasteiger partial charge in [-0.1, -0.05) is 23.7 Å². The molecule has 0 atom stereocenters. The molecular formula is C27H28ClFN4O4. The highest BCUT2D eigenvalue weighted by molar-refractivity contribution is 6.31. The lowest BCUT2D eigenvalue weighted by molar-refractivity contribution is 0.0963. The number of rotatable bonds is 8. The summed E-state index contributed by atoms with van der Waals surface area (Å²) in [6, 6.07) is 10.8. The van der Waals surface area contributed by atoms with Gasteiger partial charge in [0.1, 0.15) is 23.2 Å². The van der Waals surface area contributed by atoms with Crippen molar-refractivity contribution in [2.75, 3.05) is 7.05 Å². The van der Waals surface area contributed by atoms with E-state index in [0.717, 1.165) is 18.4 Å². The van der Waals surface area contributed by atoms with Crippen molar-refractivity contribution >= 4 is 23.5 Å². The number of nitrogens with zero attached hydrogens (tertiary/aromatic N) is 1. The lowest BCUT2D eigenvalue weighted by Crippen LogP contribution is -2.36. The maximum atomic E-state index is 13.9. The summed E-state index contributed by atoms with van der Waals surface area (Å²) in [4.78, 5) is 37.3. The molecule has 10 heteroatoms. The molecule has 2 aromatic carbocycles. The van der Waals surface area contributed by atoms with E-state index in [1.165, 1.54) is 23.7 Å². The normalized spacial score (nSPS) is 12.7. The lowest BCUT2D eigenvalue weighted by atomic mass is 10.1. The van der Waals surface area contributed by atoms with E-state index in [1.807, 2.05) is 6.92 Å². The van der Waals surface area contributed by atoms with E-state index in [-0.39, 0.29) is 41.9 Å². The second kappa shape index (κ2) is 11.0. The van der Waals surface area contributed by atoms with Crippen LogP contribution in [-0.4, -0.2) is 29.6 Å². The van der Waals surface area contributed by atoms with Crippen molar-refractivity contribution in [3.05, 3.63) is 91.6 Å². The quantitative estimate of drug-likeness (QED) is 0.410. The van der Waals surface area contributed by atoms with Crippen molar-refractivity contribution in [1.29, 1.82) is 0 Å². The van der Waals surface area contributed by atoms with Crippen molar-refractivity contribution in [2.45, 2.75) is 45.9 Å². The molecule has 37 heavy (non-hydrogen) atoms. The summed E-state index contributed by atoms with van der Waals surface area (Å²) in [5, 5.41) is 8.00. The number of halogens is 2. The number of hydrogen-bond acceptors (Lipinski definition) is 4. The Kier molecular flexibility index (Phi) is 7.83. The Labute approximate surface area is 218 Å². The van der Waals surface area contributed by atoms with Crippen molar-refractivity contribution < 1.29 is 18.7 Å². The number of benzene rings is 2. The second-order valence-electron chi connectivity index (χ2n) is 8.99. The molecule has 1 aromatic heterocycles. The van der Waals surface area contributed by atoms with Gasteiger partial charge in [-0.25, -0.2) is 9.18 Å². The van der Waals surface area contributed by atoms with Gasteiger partial charge in [0.2, 0.25) is 0 Å². The van der Waals surface area contributed by atoms with E-state index in [1.54, 1.807) is 37.3 Å². The number of aryl methyl sites for hydroxylation is 2. The van der Waals surface area contributed by atoms with E-state index < -0.39 is 11.4 Å². The number of pyridine rings is 1. The predicted molar refractivity (Wildman–Crippen MR) is 139 cm³/mol. The van der Waals surface area contributed by atoms with Crippen molar-refractivity contribution in [2.24, 2.45) is 0 Å². The fraction of sp³-hybridized carbons (Fsp3) is 0.296. The maximum Gasteiger partial charge on any atom is 0.315 e. The Balaban J connectivity index is 1.56. The van der Waals surface area contributed by atoms with E-state index in [2.05, 4.69) is 16.0 Å². The predicted octanol–water partition coefficient (Wildman–Crippen LogP) is 4.15. The molecule has 3 N–H and O–H groups in total. The summed E-state index contributed by atoms with van der Waals surface area (Å²) in [5.41, 5.74) is 2.99. The van der Waals surface area contributed by atoms with Crippen LogP contribution in [0, 0.1) is 19.7 Å². The largest absolute Gasteiger partial charge is 0.487 e. The molecule has 0 aliphatic heterocycles. The monoisotopic (exact) mass is 526 g/mol. The average molecular weight is 527 g/mol. The first-order chi connectivity index (χ1) is 17.7. The van der Waals surface area contributed by atoms with Gasteiger partial charge in [-0.3, -0.25) is 14.2 Å². The van der Waals surface area contributed by atoms with Gasteiger partial charge in [0.05, 0.1) is 5.69 Å². The molecular weight excluding hydrogens is 499 g/mol.